The van der Waals surface area contributed by atoms with Crippen LogP contribution in [0.4, 0.5) is 23.0 Å². The van der Waals surface area contributed by atoms with Gasteiger partial charge in [-0.2, -0.15) is 5.26 Å². The molecule has 0 fully saturated rings. The molecule has 10 heteroatoms. The number of aromatic nitrogens is 3. The fraction of sp³-hybridized carbons (Fsp3) is 0.333. The smallest absolute Gasteiger partial charge is 0.251 e. The van der Waals surface area contributed by atoms with E-state index in [4.69, 9.17) is 9.72 Å². The lowest BCUT2D eigenvalue weighted by Gasteiger charge is -2.34. The lowest BCUT2D eigenvalue weighted by molar-refractivity contribution is -0.114. The average Bonchev–Trinajstić information content (AvgIpc) is 3.36. The Kier molecular flexibility index (Phi) is 9.37. The summed E-state index contributed by atoms with van der Waals surface area (Å²) >= 11 is 0. The molecule has 43 heavy (non-hydrogen) atoms. The minimum atomic E-state index is -0.414. The number of amides is 1. The van der Waals surface area contributed by atoms with Gasteiger partial charge in [0.05, 0.1) is 47.0 Å². The number of nitriles is 1. The van der Waals surface area contributed by atoms with Crippen LogP contribution < -0.4 is 19.9 Å². The number of methoxy groups -OCH3 is 1. The second-order valence-corrected chi connectivity index (χ2v) is 10.5. The predicted molar refractivity (Wildman–Crippen MR) is 174 cm³/mol. The molecule has 4 aromatic rings. The normalized spacial score (nSPS) is 13.6. The Morgan fingerprint density at radius 3 is 2.60 bits per heavy atom. The van der Waals surface area contributed by atoms with E-state index in [1.165, 1.54) is 6.08 Å². The molecule has 0 saturated heterocycles. The first-order chi connectivity index (χ1) is 20.7. The summed E-state index contributed by atoms with van der Waals surface area (Å²) in [5.41, 5.74) is 5.77. The number of nitrogens with one attached hydrogen (secondary N) is 1. The summed E-state index contributed by atoms with van der Waals surface area (Å²) in [6.07, 6.45) is 5.00. The maximum Gasteiger partial charge on any atom is 0.251 e. The van der Waals surface area contributed by atoms with Crippen molar-refractivity contribution >= 4 is 39.8 Å². The van der Waals surface area contributed by atoms with Gasteiger partial charge in [0.2, 0.25) is 5.95 Å². The van der Waals surface area contributed by atoms with E-state index in [1.54, 1.807) is 18.2 Å². The number of carbonyl (C=O) groups excluding carboxylic acids is 1. The van der Waals surface area contributed by atoms with Gasteiger partial charge in [-0.25, -0.2) is 9.97 Å². The van der Waals surface area contributed by atoms with E-state index in [2.05, 4.69) is 32.7 Å². The van der Waals surface area contributed by atoms with Gasteiger partial charge >= 0.3 is 0 Å². The van der Waals surface area contributed by atoms with Crippen LogP contribution >= 0.6 is 0 Å². The number of nitrogens with zero attached hydrogens (tertiary/aromatic N) is 7. The van der Waals surface area contributed by atoms with Crippen molar-refractivity contribution in [3.63, 3.8) is 0 Å². The Bertz CT molecular complexity index is 1700. The number of likely N-dealkylation sites (N-methyl/N-ethyl adjacent to an activating group) is 2. The van der Waals surface area contributed by atoms with Crippen molar-refractivity contribution in [3.05, 3.63) is 66.5 Å². The Hall–Kier alpha value is -4.88. The zero-order valence-corrected chi connectivity index (χ0v) is 26.3. The molecule has 2 aromatic heterocycles. The minimum absolute atomic E-state index is 0.253. The Morgan fingerprint density at radius 2 is 1.95 bits per heavy atom. The van der Waals surface area contributed by atoms with E-state index in [0.29, 0.717) is 34.3 Å². The van der Waals surface area contributed by atoms with Crippen LogP contribution in [0.3, 0.4) is 0 Å². The van der Waals surface area contributed by atoms with Crippen LogP contribution in [0, 0.1) is 11.3 Å². The number of ether oxygens (including phenoxy) is 1. The number of carbonyl (C=O) groups is 1. The summed E-state index contributed by atoms with van der Waals surface area (Å²) in [7, 11) is 9.58. The predicted octanol–water partition coefficient (Wildman–Crippen LogP) is 5.88. The second kappa shape index (κ2) is 13.0. The first kappa shape index (κ1) is 31.1. The molecule has 10 nitrogen and oxygen atoms in total. The van der Waals surface area contributed by atoms with Crippen LogP contribution in [0.25, 0.3) is 22.2 Å². The summed E-state index contributed by atoms with van der Waals surface area (Å²) < 4.78 is 7.76. The molecular weight excluding hydrogens is 540 g/mol. The summed E-state index contributed by atoms with van der Waals surface area (Å²) in [5.74, 6) is 0.690. The maximum absolute atomic E-state index is 13.7. The molecule has 0 radical (unpaired) electrons. The Balaban J connectivity index is 0.00000207. The van der Waals surface area contributed by atoms with Crippen LogP contribution in [0.5, 0.6) is 5.75 Å². The third-order valence-corrected chi connectivity index (χ3v) is 7.52. The highest BCUT2D eigenvalue weighted by Crippen LogP contribution is 2.44. The zero-order chi connectivity index (χ0) is 31.4. The van der Waals surface area contributed by atoms with E-state index in [9.17, 15) is 10.1 Å². The van der Waals surface area contributed by atoms with Crippen molar-refractivity contribution in [2.45, 2.75) is 26.8 Å². The first-order valence-electron chi connectivity index (χ1n) is 14.3. The quantitative estimate of drug-likeness (QED) is 0.282. The van der Waals surface area contributed by atoms with Gasteiger partial charge in [-0.3, -0.25) is 9.69 Å². The third-order valence-electron chi connectivity index (χ3n) is 7.52. The zero-order valence-electron chi connectivity index (χ0n) is 26.3. The van der Waals surface area contributed by atoms with Gasteiger partial charge in [-0.05, 0) is 51.4 Å². The van der Waals surface area contributed by atoms with Crippen molar-refractivity contribution in [2.24, 2.45) is 7.05 Å². The molecule has 1 amide bonds. The number of benzene rings is 2. The van der Waals surface area contributed by atoms with Crippen molar-refractivity contribution in [2.75, 3.05) is 56.5 Å². The van der Waals surface area contributed by atoms with E-state index in [0.717, 1.165) is 40.8 Å². The molecule has 1 atom stereocenters. The maximum atomic E-state index is 13.7. The number of hydrogen-bond donors (Lipinski definition) is 1. The van der Waals surface area contributed by atoms with Crippen LogP contribution in [-0.4, -0.2) is 66.7 Å². The molecule has 1 unspecified atom stereocenters. The molecule has 1 aliphatic rings. The van der Waals surface area contributed by atoms with Crippen molar-refractivity contribution < 1.29 is 9.53 Å². The highest BCUT2D eigenvalue weighted by molar-refractivity contribution is 6.06. The van der Waals surface area contributed by atoms with Gasteiger partial charge in [0.15, 0.2) is 0 Å². The van der Waals surface area contributed by atoms with Gasteiger partial charge in [-0.1, -0.05) is 20.4 Å². The number of rotatable bonds is 6. The second-order valence-electron chi connectivity index (χ2n) is 10.5. The van der Waals surface area contributed by atoms with Gasteiger partial charge < -0.3 is 24.4 Å². The van der Waals surface area contributed by atoms with Crippen LogP contribution in [0.2, 0.25) is 0 Å². The highest BCUT2D eigenvalue weighted by Gasteiger charge is 2.30. The Labute approximate surface area is 253 Å². The molecular formula is C33H40N8O2. The minimum Gasteiger partial charge on any atom is -0.494 e. The third kappa shape index (κ3) is 5.90. The monoisotopic (exact) mass is 580 g/mol. The molecule has 6 bridgehead atoms. The van der Waals surface area contributed by atoms with Crippen molar-refractivity contribution in [3.8, 4) is 23.1 Å². The average molecular weight is 581 g/mol. The summed E-state index contributed by atoms with van der Waals surface area (Å²) in [6.45, 7) is 11.4. The number of hydrogen-bond acceptors (Lipinski definition) is 8. The molecule has 3 heterocycles. The fourth-order valence-corrected chi connectivity index (χ4v) is 5.39. The lowest BCUT2D eigenvalue weighted by atomic mass is 9.99. The number of fused-ring (bicyclic) bond motifs is 6. The summed E-state index contributed by atoms with van der Waals surface area (Å²) in [4.78, 5) is 28.9. The van der Waals surface area contributed by atoms with Crippen molar-refractivity contribution in [1.29, 1.82) is 5.26 Å². The standard InChI is InChI=1S/C31H34N8O2.C2H6/c1-8-29(40)39-19(2)23-18-38(6)30-21(17-32)13-20(14-22(23)30)24-9-10-33-31(34-24)35-25-15-27(39)26(16-28(25)41-7)37(5)12-11-36(3)4;1-2/h8-10,13-16,18-19H,1,11-12H2,2-7H3,(H,33,34,35);1-2H3. The van der Waals surface area contributed by atoms with Crippen LogP contribution in [0.1, 0.15) is 37.9 Å². The van der Waals surface area contributed by atoms with Crippen molar-refractivity contribution in [1.82, 2.24) is 19.4 Å². The summed E-state index contributed by atoms with van der Waals surface area (Å²) in [6, 6.07) is 11.5. The molecule has 224 valence electrons. The highest BCUT2D eigenvalue weighted by atomic mass is 16.5. The van der Waals surface area contributed by atoms with E-state index in [1.807, 2.05) is 90.1 Å². The largest absolute Gasteiger partial charge is 0.494 e. The molecule has 1 aliphatic heterocycles. The van der Waals surface area contributed by atoms with Gasteiger partial charge in [0.25, 0.3) is 5.91 Å². The molecule has 0 spiro atoms. The van der Waals surface area contributed by atoms with Crippen LogP contribution in [-0.2, 0) is 11.8 Å². The molecule has 5 rings (SSSR count). The summed E-state index contributed by atoms with van der Waals surface area (Å²) in [5, 5.41) is 14.3. The molecule has 0 aliphatic carbocycles. The number of aryl methyl sites for hydroxylation is 1. The fourth-order valence-electron chi connectivity index (χ4n) is 5.39. The first-order valence-corrected chi connectivity index (χ1v) is 14.3. The van der Waals surface area contributed by atoms with Gasteiger partial charge in [0.1, 0.15) is 11.8 Å². The van der Waals surface area contributed by atoms with Gasteiger partial charge in [0, 0.05) is 62.2 Å². The number of anilines is 4. The lowest BCUT2D eigenvalue weighted by Crippen LogP contribution is -2.35. The molecule has 0 saturated carbocycles. The SMILES string of the molecule is C=CC(=O)N1c2cc(c(OC)cc2N(C)CCN(C)C)Nc2nccc(n2)-c2cc(C#N)c3c(c2)c(cn3C)C1C.CC. The molecule has 2 aromatic carbocycles. The van der Waals surface area contributed by atoms with E-state index < -0.39 is 6.04 Å². The Morgan fingerprint density at radius 1 is 1.21 bits per heavy atom. The van der Waals surface area contributed by atoms with E-state index in [-0.39, 0.29) is 5.91 Å². The van der Waals surface area contributed by atoms with E-state index >= 15 is 0 Å². The van der Waals surface area contributed by atoms with Crippen LogP contribution in [0.15, 0.2) is 55.4 Å². The van der Waals surface area contributed by atoms with Gasteiger partial charge in [-0.15, -0.1) is 0 Å². The molecule has 1 N–H and O–H groups in total. The topological polar surface area (TPSA) is 103 Å².